The molecular formula is C16H17N3O8. The van der Waals surface area contributed by atoms with Crippen LogP contribution in [0.2, 0.25) is 0 Å². The van der Waals surface area contributed by atoms with Gasteiger partial charge in [0.1, 0.15) is 0 Å². The van der Waals surface area contributed by atoms with Crippen LogP contribution in [0.5, 0.6) is 0 Å². The molecular weight excluding hydrogens is 362 g/mol. The molecule has 11 heteroatoms. The van der Waals surface area contributed by atoms with Crippen molar-refractivity contribution in [3.8, 4) is 0 Å². The molecule has 0 bridgehead atoms. The molecule has 0 radical (unpaired) electrons. The van der Waals surface area contributed by atoms with E-state index in [-0.39, 0.29) is 24.3 Å². The third-order valence-corrected chi connectivity index (χ3v) is 2.87. The highest BCUT2D eigenvalue weighted by Gasteiger charge is 2.20. The molecule has 0 aliphatic carbocycles. The smallest absolute Gasteiger partial charge is 0.338 e. The Hall–Kier alpha value is -3.76. The van der Waals surface area contributed by atoms with E-state index in [0.29, 0.717) is 0 Å². The summed E-state index contributed by atoms with van der Waals surface area (Å²) >= 11 is 0. The van der Waals surface area contributed by atoms with Gasteiger partial charge >= 0.3 is 18.0 Å². The van der Waals surface area contributed by atoms with Crippen LogP contribution in [0.4, 0.5) is 10.5 Å². The first-order valence-electron chi connectivity index (χ1n) is 7.60. The number of carbonyl (C=O) groups is 4. The molecule has 0 saturated carbocycles. The van der Waals surface area contributed by atoms with Crippen LogP contribution in [-0.2, 0) is 14.3 Å². The lowest BCUT2D eigenvalue weighted by molar-refractivity contribution is -0.384. The number of imide groups is 1. The molecule has 1 aromatic carbocycles. The fraction of sp³-hybridized carbons (Fsp3) is 0.250. The maximum Gasteiger partial charge on any atom is 0.338 e. The van der Waals surface area contributed by atoms with Crippen LogP contribution in [0.15, 0.2) is 30.9 Å². The fourth-order valence-electron chi connectivity index (χ4n) is 1.75. The molecule has 1 aromatic rings. The van der Waals surface area contributed by atoms with Gasteiger partial charge in [-0.15, -0.1) is 6.58 Å². The van der Waals surface area contributed by atoms with E-state index in [9.17, 15) is 29.3 Å². The van der Waals surface area contributed by atoms with Gasteiger partial charge in [0.15, 0.2) is 6.61 Å². The van der Waals surface area contributed by atoms with Crippen molar-refractivity contribution in [2.24, 2.45) is 0 Å². The number of hydrogen-bond acceptors (Lipinski definition) is 8. The molecule has 0 spiro atoms. The van der Waals surface area contributed by atoms with Gasteiger partial charge in [0, 0.05) is 18.7 Å². The molecule has 11 nitrogen and oxygen atoms in total. The second-order valence-electron chi connectivity index (χ2n) is 4.87. The lowest BCUT2D eigenvalue weighted by atomic mass is 10.1. The molecule has 0 heterocycles. The van der Waals surface area contributed by atoms with E-state index in [1.54, 1.807) is 6.92 Å². The number of rotatable bonds is 8. The maximum atomic E-state index is 12.0. The van der Waals surface area contributed by atoms with E-state index in [0.717, 1.165) is 18.2 Å². The second kappa shape index (κ2) is 10.3. The van der Waals surface area contributed by atoms with Crippen LogP contribution in [0, 0.1) is 10.1 Å². The number of benzene rings is 1. The van der Waals surface area contributed by atoms with Crippen molar-refractivity contribution in [2.75, 3.05) is 19.8 Å². The van der Waals surface area contributed by atoms with Crippen molar-refractivity contribution < 1.29 is 33.6 Å². The zero-order chi connectivity index (χ0) is 20.4. The Bertz CT molecular complexity index is 775. The van der Waals surface area contributed by atoms with E-state index in [1.807, 2.05) is 5.32 Å². The maximum absolute atomic E-state index is 12.0. The van der Waals surface area contributed by atoms with Crippen molar-refractivity contribution in [1.29, 1.82) is 0 Å². The lowest BCUT2D eigenvalue weighted by Crippen LogP contribution is -2.41. The second-order valence-corrected chi connectivity index (χ2v) is 4.87. The number of urea groups is 1. The number of non-ortho nitro benzene ring substituents is 1. The number of nitrogens with one attached hydrogen (secondary N) is 2. The Labute approximate surface area is 153 Å². The number of amides is 3. The van der Waals surface area contributed by atoms with Gasteiger partial charge in [-0.25, -0.2) is 14.4 Å². The molecule has 0 fully saturated rings. The zero-order valence-electron chi connectivity index (χ0n) is 14.4. The SMILES string of the molecule is C=CCNC(=O)NC(=O)COC(=O)c1cc(C(=O)OCC)cc([N+](=O)[O-])c1. The topological polar surface area (TPSA) is 154 Å². The van der Waals surface area contributed by atoms with Gasteiger partial charge in [-0.05, 0) is 13.0 Å². The molecule has 0 aliphatic heterocycles. The van der Waals surface area contributed by atoms with Crippen LogP contribution in [-0.4, -0.2) is 48.6 Å². The van der Waals surface area contributed by atoms with Crippen molar-refractivity contribution in [3.05, 3.63) is 52.1 Å². The Morgan fingerprint density at radius 3 is 2.26 bits per heavy atom. The van der Waals surface area contributed by atoms with Gasteiger partial charge in [-0.2, -0.15) is 0 Å². The molecule has 3 amide bonds. The van der Waals surface area contributed by atoms with Gasteiger partial charge < -0.3 is 14.8 Å². The fourth-order valence-corrected chi connectivity index (χ4v) is 1.75. The minimum Gasteiger partial charge on any atom is -0.462 e. The van der Waals surface area contributed by atoms with Crippen molar-refractivity contribution in [3.63, 3.8) is 0 Å². The Balaban J connectivity index is 2.82. The quantitative estimate of drug-likeness (QED) is 0.293. The first kappa shape index (κ1) is 21.3. The van der Waals surface area contributed by atoms with Crippen molar-refractivity contribution in [1.82, 2.24) is 10.6 Å². The summed E-state index contributed by atoms with van der Waals surface area (Å²) in [4.78, 5) is 56.8. The Morgan fingerprint density at radius 1 is 1.15 bits per heavy atom. The number of nitro benzene ring substituents is 1. The summed E-state index contributed by atoms with van der Waals surface area (Å²) in [6.45, 7) is 4.29. The van der Waals surface area contributed by atoms with Gasteiger partial charge in [0.05, 0.1) is 22.7 Å². The highest BCUT2D eigenvalue weighted by atomic mass is 16.6. The molecule has 2 N–H and O–H groups in total. The average molecular weight is 379 g/mol. The molecule has 1 rings (SSSR count). The number of ether oxygens (including phenoxy) is 2. The van der Waals surface area contributed by atoms with E-state index >= 15 is 0 Å². The summed E-state index contributed by atoms with van der Waals surface area (Å²) in [5.74, 6) is -2.86. The van der Waals surface area contributed by atoms with E-state index in [1.165, 1.54) is 6.08 Å². The molecule has 0 aliphatic rings. The van der Waals surface area contributed by atoms with Crippen molar-refractivity contribution >= 4 is 29.6 Å². The zero-order valence-corrected chi connectivity index (χ0v) is 14.4. The predicted octanol–water partition coefficient (Wildman–Crippen LogP) is 0.940. The minimum atomic E-state index is -1.09. The van der Waals surface area contributed by atoms with E-state index in [4.69, 9.17) is 9.47 Å². The Morgan fingerprint density at radius 2 is 1.74 bits per heavy atom. The number of nitrogens with zero attached hydrogens (tertiary/aromatic N) is 1. The monoisotopic (exact) mass is 379 g/mol. The van der Waals surface area contributed by atoms with Gasteiger partial charge in [-0.1, -0.05) is 6.08 Å². The Kier molecular flexibility index (Phi) is 8.10. The van der Waals surface area contributed by atoms with E-state index in [2.05, 4.69) is 11.9 Å². The first-order chi connectivity index (χ1) is 12.8. The van der Waals surface area contributed by atoms with Gasteiger partial charge in [0.25, 0.3) is 11.6 Å². The standard InChI is InChI=1S/C16H17N3O8/c1-3-5-17-16(23)18-13(20)9-27-15(22)11-6-10(14(21)26-4-2)7-12(8-11)19(24)25/h3,6-8H,1,4-5,9H2,2H3,(H2,17,18,20,23). The summed E-state index contributed by atoms with van der Waals surface area (Å²) in [5, 5.41) is 15.1. The highest BCUT2D eigenvalue weighted by Crippen LogP contribution is 2.19. The average Bonchev–Trinajstić information content (AvgIpc) is 2.64. The van der Waals surface area contributed by atoms with Crippen LogP contribution >= 0.6 is 0 Å². The van der Waals surface area contributed by atoms with E-state index < -0.39 is 41.1 Å². The normalized spacial score (nSPS) is 9.67. The molecule has 0 unspecified atom stereocenters. The van der Waals surface area contributed by atoms with Crippen molar-refractivity contribution in [2.45, 2.75) is 6.92 Å². The highest BCUT2D eigenvalue weighted by molar-refractivity contribution is 5.99. The van der Waals surface area contributed by atoms with Gasteiger partial charge in [-0.3, -0.25) is 20.2 Å². The largest absolute Gasteiger partial charge is 0.462 e. The minimum absolute atomic E-state index is 0.0371. The summed E-state index contributed by atoms with van der Waals surface area (Å²) in [5.41, 5.74) is -1.07. The van der Waals surface area contributed by atoms with Crippen LogP contribution < -0.4 is 10.6 Å². The van der Waals surface area contributed by atoms with Crippen LogP contribution in [0.25, 0.3) is 0 Å². The molecule has 0 aromatic heterocycles. The summed E-state index contributed by atoms with van der Waals surface area (Å²) < 4.78 is 9.44. The van der Waals surface area contributed by atoms with Crippen LogP contribution in [0.1, 0.15) is 27.6 Å². The number of carbonyl (C=O) groups excluding carboxylic acids is 4. The third-order valence-electron chi connectivity index (χ3n) is 2.87. The number of hydrogen-bond donors (Lipinski definition) is 2. The lowest BCUT2D eigenvalue weighted by Gasteiger charge is -2.07. The first-order valence-corrected chi connectivity index (χ1v) is 7.60. The molecule has 144 valence electrons. The summed E-state index contributed by atoms with van der Waals surface area (Å²) in [6, 6.07) is 2.07. The van der Waals surface area contributed by atoms with Crippen LogP contribution in [0.3, 0.4) is 0 Å². The summed E-state index contributed by atoms with van der Waals surface area (Å²) in [6.07, 6.45) is 1.40. The van der Waals surface area contributed by atoms with Gasteiger partial charge in [0.2, 0.25) is 0 Å². The summed E-state index contributed by atoms with van der Waals surface area (Å²) in [7, 11) is 0. The number of esters is 2. The number of nitro groups is 1. The predicted molar refractivity (Wildman–Crippen MR) is 91.1 cm³/mol. The third kappa shape index (κ3) is 6.94. The molecule has 27 heavy (non-hydrogen) atoms. The molecule has 0 atom stereocenters. The molecule has 0 saturated heterocycles.